The van der Waals surface area contributed by atoms with Gasteiger partial charge in [-0.05, 0) is 55.7 Å². The summed E-state index contributed by atoms with van der Waals surface area (Å²) >= 11 is 1.68. The Hall–Kier alpha value is -3.77. The number of nitrogens with one attached hydrogen (secondary N) is 2. The van der Waals surface area contributed by atoms with E-state index in [9.17, 15) is 9.59 Å². The van der Waals surface area contributed by atoms with E-state index < -0.39 is 0 Å². The quantitative estimate of drug-likeness (QED) is 0.380. The molecule has 5 rings (SSSR count). The van der Waals surface area contributed by atoms with Crippen LogP contribution in [0, 0.1) is 6.92 Å². The molecule has 0 aliphatic carbocycles. The van der Waals surface area contributed by atoms with Gasteiger partial charge in [0, 0.05) is 39.4 Å². The standard InChI is InChI=1S/C27H23N3O2S/c1-17-25(30-27(33-17)19-6-3-2-4-7-19)18-10-13-22(14-11-18)28-26(32)21-12-15-23-20(16-21)8-5-9-24(31)29-23/h2-4,6-7,10-16H,5,8-9H2,1H3,(H,28,32)(H,29,31). The summed E-state index contributed by atoms with van der Waals surface area (Å²) in [4.78, 5) is 30.5. The number of aryl methyl sites for hydroxylation is 2. The Labute approximate surface area is 196 Å². The highest BCUT2D eigenvalue weighted by molar-refractivity contribution is 7.15. The largest absolute Gasteiger partial charge is 0.326 e. The zero-order valence-electron chi connectivity index (χ0n) is 18.2. The minimum absolute atomic E-state index is 0.0253. The minimum atomic E-state index is -0.169. The lowest BCUT2D eigenvalue weighted by Gasteiger charge is -2.10. The topological polar surface area (TPSA) is 71.1 Å². The van der Waals surface area contributed by atoms with Gasteiger partial charge in [0.25, 0.3) is 5.91 Å². The van der Waals surface area contributed by atoms with Gasteiger partial charge in [0.15, 0.2) is 0 Å². The summed E-state index contributed by atoms with van der Waals surface area (Å²) in [6.45, 7) is 2.08. The SMILES string of the molecule is Cc1sc(-c2ccccc2)nc1-c1ccc(NC(=O)c2ccc3c(c2)CCCC(=O)N3)cc1. The lowest BCUT2D eigenvalue weighted by Crippen LogP contribution is -2.13. The van der Waals surface area contributed by atoms with E-state index in [1.165, 1.54) is 0 Å². The van der Waals surface area contributed by atoms with Crippen LogP contribution in [0.3, 0.4) is 0 Å². The average molecular weight is 454 g/mol. The normalized spacial score (nSPS) is 13.1. The molecule has 6 heteroatoms. The molecular weight excluding hydrogens is 430 g/mol. The van der Waals surface area contributed by atoms with Crippen molar-refractivity contribution in [1.82, 2.24) is 4.98 Å². The minimum Gasteiger partial charge on any atom is -0.326 e. The smallest absolute Gasteiger partial charge is 0.255 e. The van der Waals surface area contributed by atoms with Gasteiger partial charge in [-0.15, -0.1) is 11.3 Å². The summed E-state index contributed by atoms with van der Waals surface area (Å²) in [5, 5.41) is 6.87. The van der Waals surface area contributed by atoms with E-state index >= 15 is 0 Å². The molecule has 0 unspecified atom stereocenters. The van der Waals surface area contributed by atoms with Crippen LogP contribution in [-0.2, 0) is 11.2 Å². The molecule has 2 amide bonds. The zero-order valence-corrected chi connectivity index (χ0v) is 19.0. The maximum atomic E-state index is 12.8. The molecule has 1 aromatic heterocycles. The summed E-state index contributed by atoms with van der Waals surface area (Å²) in [5.41, 5.74) is 6.19. The second kappa shape index (κ2) is 9.00. The van der Waals surface area contributed by atoms with Gasteiger partial charge in [0.1, 0.15) is 5.01 Å². The summed E-state index contributed by atoms with van der Waals surface area (Å²) in [6.07, 6.45) is 2.07. The van der Waals surface area contributed by atoms with Crippen LogP contribution in [0.2, 0.25) is 0 Å². The molecule has 0 saturated heterocycles. The van der Waals surface area contributed by atoms with Gasteiger partial charge in [-0.1, -0.05) is 42.5 Å². The summed E-state index contributed by atoms with van der Waals surface area (Å²) in [5.74, 6) is -0.144. The Morgan fingerprint density at radius 2 is 1.76 bits per heavy atom. The Morgan fingerprint density at radius 3 is 2.55 bits per heavy atom. The highest BCUT2D eigenvalue weighted by atomic mass is 32.1. The molecule has 164 valence electrons. The van der Waals surface area contributed by atoms with Crippen molar-refractivity contribution in [1.29, 1.82) is 0 Å². The fraction of sp³-hybridized carbons (Fsp3) is 0.148. The molecule has 1 aliphatic heterocycles. The highest BCUT2D eigenvalue weighted by Gasteiger charge is 2.16. The third kappa shape index (κ3) is 4.56. The molecule has 2 N–H and O–H groups in total. The molecule has 33 heavy (non-hydrogen) atoms. The van der Waals surface area contributed by atoms with Crippen molar-refractivity contribution in [3.8, 4) is 21.8 Å². The van der Waals surface area contributed by atoms with Crippen molar-refractivity contribution >= 4 is 34.5 Å². The second-order valence-electron chi connectivity index (χ2n) is 8.09. The maximum Gasteiger partial charge on any atom is 0.255 e. The maximum absolute atomic E-state index is 12.8. The molecule has 2 heterocycles. The molecule has 0 fully saturated rings. The van der Waals surface area contributed by atoms with Crippen molar-refractivity contribution in [2.75, 3.05) is 10.6 Å². The van der Waals surface area contributed by atoms with Crippen molar-refractivity contribution in [2.45, 2.75) is 26.2 Å². The Kier molecular flexibility index (Phi) is 5.75. The number of benzene rings is 3. The van der Waals surface area contributed by atoms with Gasteiger partial charge in [-0.25, -0.2) is 4.98 Å². The van der Waals surface area contributed by atoms with Crippen molar-refractivity contribution in [3.63, 3.8) is 0 Å². The van der Waals surface area contributed by atoms with Crippen LogP contribution in [0.1, 0.15) is 33.6 Å². The number of carbonyl (C=O) groups excluding carboxylic acids is 2. The van der Waals surface area contributed by atoms with Crippen LogP contribution in [-0.4, -0.2) is 16.8 Å². The van der Waals surface area contributed by atoms with E-state index in [4.69, 9.17) is 4.98 Å². The number of rotatable bonds is 4. The van der Waals surface area contributed by atoms with Crippen molar-refractivity contribution < 1.29 is 9.59 Å². The number of aromatic nitrogens is 1. The number of thiazole rings is 1. The van der Waals surface area contributed by atoms with Gasteiger partial charge in [0.2, 0.25) is 5.91 Å². The van der Waals surface area contributed by atoms with E-state index in [2.05, 4.69) is 29.7 Å². The number of hydrogen-bond donors (Lipinski definition) is 2. The van der Waals surface area contributed by atoms with Crippen LogP contribution in [0.5, 0.6) is 0 Å². The van der Waals surface area contributed by atoms with Crippen LogP contribution in [0.4, 0.5) is 11.4 Å². The monoisotopic (exact) mass is 453 g/mol. The molecule has 4 aromatic rings. The van der Waals surface area contributed by atoms with E-state index in [1.54, 1.807) is 17.4 Å². The van der Waals surface area contributed by atoms with Crippen molar-refractivity contribution in [2.24, 2.45) is 0 Å². The summed E-state index contributed by atoms with van der Waals surface area (Å²) in [7, 11) is 0. The molecule has 3 aromatic carbocycles. The van der Waals surface area contributed by atoms with Crippen LogP contribution >= 0.6 is 11.3 Å². The molecule has 0 atom stereocenters. The lowest BCUT2D eigenvalue weighted by atomic mass is 10.0. The van der Waals surface area contributed by atoms with E-state index in [0.717, 1.165) is 56.5 Å². The average Bonchev–Trinajstić information content (AvgIpc) is 3.12. The number of carbonyl (C=O) groups is 2. The van der Waals surface area contributed by atoms with Gasteiger partial charge >= 0.3 is 0 Å². The molecule has 0 saturated carbocycles. The Balaban J connectivity index is 1.32. The van der Waals surface area contributed by atoms with E-state index in [0.29, 0.717) is 12.0 Å². The zero-order chi connectivity index (χ0) is 22.8. The summed E-state index contributed by atoms with van der Waals surface area (Å²) in [6, 6.07) is 23.4. The number of nitrogens with zero attached hydrogens (tertiary/aromatic N) is 1. The van der Waals surface area contributed by atoms with Gasteiger partial charge in [-0.2, -0.15) is 0 Å². The molecule has 0 bridgehead atoms. The lowest BCUT2D eigenvalue weighted by molar-refractivity contribution is -0.116. The molecule has 0 spiro atoms. The first-order valence-corrected chi connectivity index (χ1v) is 11.8. The number of amides is 2. The van der Waals surface area contributed by atoms with E-state index in [-0.39, 0.29) is 11.8 Å². The van der Waals surface area contributed by atoms with Gasteiger partial charge in [0.05, 0.1) is 5.69 Å². The van der Waals surface area contributed by atoms with Crippen LogP contribution in [0.25, 0.3) is 21.8 Å². The van der Waals surface area contributed by atoms with Gasteiger partial charge < -0.3 is 10.6 Å². The second-order valence-corrected chi connectivity index (χ2v) is 9.30. The molecular formula is C27H23N3O2S. The molecule has 5 nitrogen and oxygen atoms in total. The molecule has 1 aliphatic rings. The first-order chi connectivity index (χ1) is 16.1. The first kappa shape index (κ1) is 21.1. The fourth-order valence-corrected chi connectivity index (χ4v) is 4.94. The fourth-order valence-electron chi connectivity index (χ4n) is 4.00. The number of anilines is 2. The molecule has 0 radical (unpaired) electrons. The van der Waals surface area contributed by atoms with Crippen molar-refractivity contribution in [3.05, 3.63) is 88.8 Å². The van der Waals surface area contributed by atoms with E-state index in [1.807, 2.05) is 54.6 Å². The Bertz CT molecular complexity index is 1330. The van der Waals surface area contributed by atoms with Crippen LogP contribution < -0.4 is 10.6 Å². The highest BCUT2D eigenvalue weighted by Crippen LogP contribution is 2.33. The van der Waals surface area contributed by atoms with Gasteiger partial charge in [-0.3, -0.25) is 9.59 Å². The third-order valence-electron chi connectivity index (χ3n) is 5.73. The first-order valence-electron chi connectivity index (χ1n) is 10.9. The predicted octanol–water partition coefficient (Wildman–Crippen LogP) is 6.31. The Morgan fingerprint density at radius 1 is 0.970 bits per heavy atom. The third-order valence-corrected chi connectivity index (χ3v) is 6.74. The predicted molar refractivity (Wildman–Crippen MR) is 134 cm³/mol. The number of fused-ring (bicyclic) bond motifs is 1. The number of hydrogen-bond acceptors (Lipinski definition) is 4. The summed E-state index contributed by atoms with van der Waals surface area (Å²) < 4.78 is 0. The van der Waals surface area contributed by atoms with Crippen LogP contribution in [0.15, 0.2) is 72.8 Å².